The number of methoxy groups -OCH3 is 1. The van der Waals surface area contributed by atoms with Crippen molar-refractivity contribution in [3.05, 3.63) is 42.5 Å². The lowest BCUT2D eigenvalue weighted by Gasteiger charge is -2.23. The zero-order valence-corrected chi connectivity index (χ0v) is 11.4. The van der Waals surface area contributed by atoms with Crippen LogP contribution in [-0.4, -0.2) is 22.6 Å². The van der Waals surface area contributed by atoms with E-state index < -0.39 is 0 Å². The minimum absolute atomic E-state index is 0.0263. The van der Waals surface area contributed by atoms with Crippen LogP contribution in [0.5, 0.6) is 5.75 Å². The number of carbonyl (C=O) groups excluding carboxylic acids is 1. The van der Waals surface area contributed by atoms with Gasteiger partial charge in [0, 0.05) is 18.4 Å². The molecule has 1 aromatic heterocycles. The van der Waals surface area contributed by atoms with Crippen LogP contribution >= 0.6 is 0 Å². The molecule has 2 aromatic rings. The Morgan fingerprint density at radius 3 is 3.15 bits per heavy atom. The van der Waals surface area contributed by atoms with Gasteiger partial charge in [-0.2, -0.15) is 0 Å². The van der Waals surface area contributed by atoms with Crippen molar-refractivity contribution in [2.45, 2.75) is 19.4 Å². The van der Waals surface area contributed by atoms with E-state index in [-0.39, 0.29) is 11.8 Å². The van der Waals surface area contributed by atoms with Crippen molar-refractivity contribution in [2.75, 3.05) is 12.4 Å². The third-order valence-electron chi connectivity index (χ3n) is 3.70. The molecule has 0 saturated carbocycles. The molecule has 0 saturated heterocycles. The van der Waals surface area contributed by atoms with Gasteiger partial charge in [-0.15, -0.1) is 0 Å². The molecule has 20 heavy (non-hydrogen) atoms. The van der Waals surface area contributed by atoms with Gasteiger partial charge in [-0.05, 0) is 25.0 Å². The van der Waals surface area contributed by atoms with E-state index in [4.69, 9.17) is 4.74 Å². The Balaban J connectivity index is 1.71. The van der Waals surface area contributed by atoms with Gasteiger partial charge in [-0.1, -0.05) is 12.1 Å². The van der Waals surface area contributed by atoms with E-state index >= 15 is 0 Å². The summed E-state index contributed by atoms with van der Waals surface area (Å²) >= 11 is 0. The van der Waals surface area contributed by atoms with E-state index in [2.05, 4.69) is 14.9 Å². The second-order valence-corrected chi connectivity index (χ2v) is 4.96. The van der Waals surface area contributed by atoms with Crippen molar-refractivity contribution in [3.8, 4) is 5.75 Å². The molecule has 104 valence electrons. The lowest BCUT2D eigenvalue weighted by Crippen LogP contribution is -2.30. The molecule has 1 amide bonds. The standard InChI is InChI=1S/C15H17N3O2/c1-20-14-5-3-2-4-13(14)17-15(19)11-6-7-12-8-16-10-18(12)9-11/h2-5,8,10-11H,6-7,9H2,1H3,(H,17,19). The molecule has 1 aliphatic rings. The van der Waals surface area contributed by atoms with Crippen molar-refractivity contribution in [2.24, 2.45) is 5.92 Å². The summed E-state index contributed by atoms with van der Waals surface area (Å²) in [5.41, 5.74) is 1.92. The number of hydrogen-bond donors (Lipinski definition) is 1. The molecule has 2 heterocycles. The van der Waals surface area contributed by atoms with Crippen LogP contribution in [0.2, 0.25) is 0 Å². The first-order chi connectivity index (χ1) is 9.78. The van der Waals surface area contributed by atoms with Gasteiger partial charge in [0.25, 0.3) is 0 Å². The number of carbonyl (C=O) groups is 1. The fourth-order valence-corrected chi connectivity index (χ4v) is 2.57. The number of amides is 1. The summed E-state index contributed by atoms with van der Waals surface area (Å²) in [7, 11) is 1.60. The van der Waals surface area contributed by atoms with Gasteiger partial charge in [0.2, 0.25) is 5.91 Å². The zero-order valence-electron chi connectivity index (χ0n) is 11.4. The lowest BCUT2D eigenvalue weighted by atomic mass is 9.97. The molecule has 5 nitrogen and oxygen atoms in total. The van der Waals surface area contributed by atoms with Crippen LogP contribution in [0, 0.1) is 5.92 Å². The van der Waals surface area contributed by atoms with Crippen LogP contribution in [0.25, 0.3) is 0 Å². The maximum atomic E-state index is 12.4. The van der Waals surface area contributed by atoms with Crippen molar-refractivity contribution in [1.29, 1.82) is 0 Å². The highest BCUT2D eigenvalue weighted by Crippen LogP contribution is 2.26. The van der Waals surface area contributed by atoms with Crippen LogP contribution in [0.4, 0.5) is 5.69 Å². The first kappa shape index (κ1) is 12.7. The average molecular weight is 271 g/mol. The Morgan fingerprint density at radius 2 is 2.30 bits per heavy atom. The second kappa shape index (κ2) is 5.36. The summed E-state index contributed by atoms with van der Waals surface area (Å²) in [6, 6.07) is 7.45. The maximum absolute atomic E-state index is 12.4. The number of aromatic nitrogens is 2. The molecule has 1 atom stereocenters. The highest BCUT2D eigenvalue weighted by Gasteiger charge is 2.25. The van der Waals surface area contributed by atoms with E-state index in [9.17, 15) is 4.79 Å². The fourth-order valence-electron chi connectivity index (χ4n) is 2.57. The number of rotatable bonds is 3. The van der Waals surface area contributed by atoms with Crippen molar-refractivity contribution >= 4 is 11.6 Å². The van der Waals surface area contributed by atoms with Crippen molar-refractivity contribution in [3.63, 3.8) is 0 Å². The van der Waals surface area contributed by atoms with Crippen LogP contribution < -0.4 is 10.1 Å². The molecular formula is C15H17N3O2. The van der Waals surface area contributed by atoms with Gasteiger partial charge in [0.15, 0.2) is 0 Å². The maximum Gasteiger partial charge on any atom is 0.229 e. The second-order valence-electron chi connectivity index (χ2n) is 4.96. The minimum atomic E-state index is -0.0263. The number of benzene rings is 1. The van der Waals surface area contributed by atoms with Crippen LogP contribution in [0.1, 0.15) is 12.1 Å². The normalized spacial score (nSPS) is 17.4. The van der Waals surface area contributed by atoms with Crippen LogP contribution in [0.15, 0.2) is 36.8 Å². The average Bonchev–Trinajstić information content (AvgIpc) is 2.95. The van der Waals surface area contributed by atoms with Crippen molar-refractivity contribution in [1.82, 2.24) is 9.55 Å². The molecule has 3 rings (SSSR count). The first-order valence-corrected chi connectivity index (χ1v) is 6.71. The monoisotopic (exact) mass is 271 g/mol. The lowest BCUT2D eigenvalue weighted by molar-refractivity contribution is -0.120. The number of ether oxygens (including phenoxy) is 1. The molecule has 0 aliphatic carbocycles. The number of nitrogens with one attached hydrogen (secondary N) is 1. The van der Waals surface area contributed by atoms with E-state index in [1.807, 2.05) is 30.5 Å². The predicted molar refractivity (Wildman–Crippen MR) is 75.7 cm³/mol. The number of imidazole rings is 1. The molecule has 5 heteroatoms. The minimum Gasteiger partial charge on any atom is -0.495 e. The van der Waals surface area contributed by atoms with E-state index in [1.54, 1.807) is 13.4 Å². The molecular weight excluding hydrogens is 254 g/mol. The first-order valence-electron chi connectivity index (χ1n) is 6.71. The number of fused-ring (bicyclic) bond motifs is 1. The predicted octanol–water partition coefficient (Wildman–Crippen LogP) is 2.09. The summed E-state index contributed by atoms with van der Waals surface area (Å²) < 4.78 is 7.30. The van der Waals surface area contributed by atoms with Gasteiger partial charge in [0.1, 0.15) is 5.75 Å². The Bertz CT molecular complexity index is 621. The number of hydrogen-bond acceptors (Lipinski definition) is 3. The highest BCUT2D eigenvalue weighted by atomic mass is 16.5. The summed E-state index contributed by atoms with van der Waals surface area (Å²) in [5.74, 6) is 0.690. The number of aryl methyl sites for hydroxylation is 1. The highest BCUT2D eigenvalue weighted by molar-refractivity contribution is 5.94. The molecule has 0 radical (unpaired) electrons. The Labute approximate surface area is 117 Å². The molecule has 0 spiro atoms. The summed E-state index contributed by atoms with van der Waals surface area (Å²) in [6.07, 6.45) is 5.41. The zero-order chi connectivity index (χ0) is 13.9. The summed E-state index contributed by atoms with van der Waals surface area (Å²) in [4.78, 5) is 16.5. The molecule has 0 fully saturated rings. The molecule has 1 aliphatic heterocycles. The molecule has 0 bridgehead atoms. The Kier molecular flexibility index (Phi) is 3.41. The van der Waals surface area contributed by atoms with Gasteiger partial charge >= 0.3 is 0 Å². The summed E-state index contributed by atoms with van der Waals surface area (Å²) in [5, 5.41) is 2.96. The number of nitrogens with zero attached hydrogens (tertiary/aromatic N) is 2. The van der Waals surface area contributed by atoms with Crippen molar-refractivity contribution < 1.29 is 9.53 Å². The van der Waals surface area contributed by atoms with Crippen LogP contribution in [-0.2, 0) is 17.8 Å². The van der Waals surface area contributed by atoms with Gasteiger partial charge in [0.05, 0.1) is 25.0 Å². The van der Waals surface area contributed by atoms with E-state index in [0.29, 0.717) is 12.3 Å². The Morgan fingerprint density at radius 1 is 1.45 bits per heavy atom. The fraction of sp³-hybridized carbons (Fsp3) is 0.333. The number of para-hydroxylation sites is 2. The van der Waals surface area contributed by atoms with Crippen LogP contribution in [0.3, 0.4) is 0 Å². The number of anilines is 1. The van der Waals surface area contributed by atoms with Gasteiger partial charge in [-0.3, -0.25) is 4.79 Å². The van der Waals surface area contributed by atoms with E-state index in [0.717, 1.165) is 18.5 Å². The van der Waals surface area contributed by atoms with E-state index in [1.165, 1.54) is 5.69 Å². The van der Waals surface area contributed by atoms with Gasteiger partial charge < -0.3 is 14.6 Å². The molecule has 1 aromatic carbocycles. The SMILES string of the molecule is COc1ccccc1NC(=O)C1CCc2cncn2C1. The smallest absolute Gasteiger partial charge is 0.229 e. The molecule has 1 unspecified atom stereocenters. The summed E-state index contributed by atoms with van der Waals surface area (Å²) in [6.45, 7) is 0.691. The topological polar surface area (TPSA) is 56.1 Å². The largest absolute Gasteiger partial charge is 0.495 e. The molecule has 1 N–H and O–H groups in total. The quantitative estimate of drug-likeness (QED) is 0.930. The third-order valence-corrected chi connectivity index (χ3v) is 3.70. The Hall–Kier alpha value is -2.30. The third kappa shape index (κ3) is 2.39. The van der Waals surface area contributed by atoms with Gasteiger partial charge in [-0.25, -0.2) is 4.98 Å².